The molecule has 0 radical (unpaired) electrons. The van der Waals surface area contributed by atoms with Crippen LogP contribution in [-0.4, -0.2) is 58.2 Å². The summed E-state index contributed by atoms with van der Waals surface area (Å²) in [7, 11) is 0. The highest BCUT2D eigenvalue weighted by Gasteiger charge is 2.51. The second-order valence-electron chi connectivity index (χ2n) is 11.7. The predicted octanol–water partition coefficient (Wildman–Crippen LogP) is 5.42. The van der Waals surface area contributed by atoms with Crippen molar-refractivity contribution in [2.24, 2.45) is 0 Å². The number of ether oxygens (including phenoxy) is 1. The van der Waals surface area contributed by atoms with Gasteiger partial charge in [-0.15, -0.1) is 0 Å². The van der Waals surface area contributed by atoms with Crippen molar-refractivity contribution in [3.05, 3.63) is 107 Å². The van der Waals surface area contributed by atoms with Crippen molar-refractivity contribution < 1.29 is 19.4 Å². The SMILES string of the molecule is CC1(C(=O)O)CN(C2CCC3(Cc4ccccc4Cc4ccccc43)C2)CCN1C(=O)OCc1ccccc1. The van der Waals surface area contributed by atoms with E-state index in [1.54, 1.807) is 6.92 Å². The molecule has 2 aliphatic carbocycles. The van der Waals surface area contributed by atoms with E-state index in [4.69, 9.17) is 4.74 Å². The highest BCUT2D eigenvalue weighted by atomic mass is 16.6. The van der Waals surface area contributed by atoms with Gasteiger partial charge in [0, 0.05) is 31.1 Å². The maximum atomic E-state index is 13.1. The minimum absolute atomic E-state index is 0.0409. The van der Waals surface area contributed by atoms with Gasteiger partial charge in [0.25, 0.3) is 0 Å². The first-order chi connectivity index (χ1) is 18.9. The number of hydrogen-bond acceptors (Lipinski definition) is 4. The van der Waals surface area contributed by atoms with Gasteiger partial charge in [0.05, 0.1) is 0 Å². The van der Waals surface area contributed by atoms with Crippen molar-refractivity contribution in [2.45, 2.75) is 62.6 Å². The van der Waals surface area contributed by atoms with Crippen LogP contribution in [0.2, 0.25) is 0 Å². The normalized spacial score (nSPS) is 26.5. The van der Waals surface area contributed by atoms with E-state index < -0.39 is 17.6 Å². The molecule has 6 heteroatoms. The number of fused-ring (bicyclic) bond motifs is 3. The van der Waals surface area contributed by atoms with Crippen LogP contribution >= 0.6 is 0 Å². The number of rotatable bonds is 4. The Hall–Kier alpha value is -3.64. The van der Waals surface area contributed by atoms with Gasteiger partial charge in [0.15, 0.2) is 5.54 Å². The number of carbonyl (C=O) groups is 2. The van der Waals surface area contributed by atoms with Crippen LogP contribution in [0.1, 0.15) is 54.0 Å². The highest BCUT2D eigenvalue weighted by molar-refractivity contribution is 5.84. The van der Waals surface area contributed by atoms with Gasteiger partial charge in [0.2, 0.25) is 0 Å². The molecule has 6 nitrogen and oxygen atoms in total. The van der Waals surface area contributed by atoms with E-state index in [2.05, 4.69) is 53.4 Å². The summed E-state index contributed by atoms with van der Waals surface area (Å²) in [5, 5.41) is 10.3. The van der Waals surface area contributed by atoms with Crippen LogP contribution in [-0.2, 0) is 34.4 Å². The average Bonchev–Trinajstić information content (AvgIpc) is 3.32. The Bertz CT molecular complexity index is 1370. The molecule has 1 heterocycles. The van der Waals surface area contributed by atoms with Crippen LogP contribution in [0.4, 0.5) is 4.79 Å². The second-order valence-corrected chi connectivity index (χ2v) is 11.7. The molecule has 3 aromatic carbocycles. The van der Waals surface area contributed by atoms with E-state index in [9.17, 15) is 14.7 Å². The average molecular weight is 525 g/mol. The topological polar surface area (TPSA) is 70.1 Å². The number of carboxylic acid groups (broad SMARTS) is 1. The molecule has 3 aromatic rings. The Kier molecular flexibility index (Phi) is 6.67. The fourth-order valence-corrected chi connectivity index (χ4v) is 7.19. The first-order valence-corrected chi connectivity index (χ1v) is 14.0. The lowest BCUT2D eigenvalue weighted by Crippen LogP contribution is -2.67. The van der Waals surface area contributed by atoms with Gasteiger partial charge >= 0.3 is 12.1 Å². The lowest BCUT2D eigenvalue weighted by molar-refractivity contribution is -0.154. The van der Waals surface area contributed by atoms with Crippen LogP contribution in [0.25, 0.3) is 0 Å². The molecule has 6 rings (SSSR count). The van der Waals surface area contributed by atoms with Gasteiger partial charge in [0.1, 0.15) is 6.61 Å². The monoisotopic (exact) mass is 524 g/mol. The molecule has 3 aliphatic rings. The van der Waals surface area contributed by atoms with E-state index in [0.29, 0.717) is 19.6 Å². The smallest absolute Gasteiger partial charge is 0.411 e. The van der Waals surface area contributed by atoms with Crippen LogP contribution in [0, 0.1) is 0 Å². The Morgan fingerprint density at radius 3 is 2.38 bits per heavy atom. The van der Waals surface area contributed by atoms with Crippen LogP contribution in [0.5, 0.6) is 0 Å². The molecular weight excluding hydrogens is 488 g/mol. The lowest BCUT2D eigenvalue weighted by Gasteiger charge is -2.47. The van der Waals surface area contributed by atoms with Crippen LogP contribution in [0.15, 0.2) is 78.9 Å². The molecule has 1 amide bonds. The summed E-state index contributed by atoms with van der Waals surface area (Å²) in [6, 6.07) is 27.4. The molecule has 3 atom stereocenters. The van der Waals surface area contributed by atoms with Crippen molar-refractivity contribution in [3.63, 3.8) is 0 Å². The van der Waals surface area contributed by atoms with Gasteiger partial charge in [-0.05, 0) is 66.8 Å². The highest BCUT2D eigenvalue weighted by Crippen LogP contribution is 2.49. The summed E-state index contributed by atoms with van der Waals surface area (Å²) in [6.45, 7) is 3.05. The fraction of sp³-hybridized carbons (Fsp3) is 0.394. The molecule has 1 spiro atoms. The third-order valence-corrected chi connectivity index (χ3v) is 9.32. The third kappa shape index (κ3) is 4.71. The van der Waals surface area contributed by atoms with E-state index in [1.807, 2.05) is 30.3 Å². The van der Waals surface area contributed by atoms with Crippen molar-refractivity contribution in [1.82, 2.24) is 9.80 Å². The second kappa shape index (κ2) is 10.2. The van der Waals surface area contributed by atoms with Gasteiger partial charge in [-0.2, -0.15) is 0 Å². The zero-order valence-corrected chi connectivity index (χ0v) is 22.5. The van der Waals surface area contributed by atoms with E-state index in [0.717, 1.165) is 37.7 Å². The molecule has 1 N–H and O–H groups in total. The quantitative estimate of drug-likeness (QED) is 0.494. The summed E-state index contributed by atoms with van der Waals surface area (Å²) >= 11 is 0. The maximum Gasteiger partial charge on any atom is 0.411 e. The van der Waals surface area contributed by atoms with Crippen molar-refractivity contribution >= 4 is 12.1 Å². The number of piperazine rings is 1. The Morgan fingerprint density at radius 2 is 1.62 bits per heavy atom. The molecule has 0 bridgehead atoms. The van der Waals surface area contributed by atoms with Crippen molar-refractivity contribution in [1.29, 1.82) is 0 Å². The molecule has 1 saturated heterocycles. The minimum atomic E-state index is -1.35. The van der Waals surface area contributed by atoms with E-state index >= 15 is 0 Å². The molecule has 3 unspecified atom stereocenters. The number of carbonyl (C=O) groups excluding carboxylic acids is 1. The molecule has 2 fully saturated rings. The van der Waals surface area contributed by atoms with E-state index in [1.165, 1.54) is 27.2 Å². The first-order valence-electron chi connectivity index (χ1n) is 14.0. The number of benzene rings is 3. The standard InChI is InChI=1S/C33H36N2O4/c1-32(30(36)37)23-34(17-18-35(32)31(38)39-22-24-9-3-2-4-10-24)28-15-16-33(21-28)20-27-13-6-5-11-25(27)19-26-12-7-8-14-29(26)33/h2-14,28H,15-23H2,1H3,(H,36,37). The van der Waals surface area contributed by atoms with Crippen LogP contribution < -0.4 is 0 Å². The van der Waals surface area contributed by atoms with Crippen molar-refractivity contribution in [2.75, 3.05) is 19.6 Å². The molecule has 39 heavy (non-hydrogen) atoms. The Balaban J connectivity index is 1.21. The van der Waals surface area contributed by atoms with E-state index in [-0.39, 0.29) is 18.1 Å². The number of hydrogen-bond donors (Lipinski definition) is 1. The molecule has 1 saturated carbocycles. The molecular formula is C33H36N2O4. The summed E-state index contributed by atoms with van der Waals surface area (Å²) in [6.07, 6.45) is 4.49. The van der Waals surface area contributed by atoms with Gasteiger partial charge < -0.3 is 9.84 Å². The molecule has 0 aromatic heterocycles. The summed E-state index contributed by atoms with van der Waals surface area (Å²) < 4.78 is 5.56. The zero-order chi connectivity index (χ0) is 27.0. The minimum Gasteiger partial charge on any atom is -0.479 e. The number of carboxylic acids is 1. The number of aliphatic carboxylic acids is 1. The fourth-order valence-electron chi connectivity index (χ4n) is 7.19. The third-order valence-electron chi connectivity index (χ3n) is 9.32. The van der Waals surface area contributed by atoms with Gasteiger partial charge in [-0.3, -0.25) is 9.80 Å². The van der Waals surface area contributed by atoms with Crippen molar-refractivity contribution in [3.8, 4) is 0 Å². The summed E-state index contributed by atoms with van der Waals surface area (Å²) in [5.74, 6) is -0.995. The summed E-state index contributed by atoms with van der Waals surface area (Å²) in [4.78, 5) is 29.4. The first kappa shape index (κ1) is 25.6. The van der Waals surface area contributed by atoms with Gasteiger partial charge in [-0.1, -0.05) is 78.9 Å². The number of amides is 1. The Morgan fingerprint density at radius 1 is 0.923 bits per heavy atom. The maximum absolute atomic E-state index is 13.1. The molecule has 202 valence electrons. The Labute approximate surface area is 230 Å². The predicted molar refractivity (Wildman–Crippen MR) is 150 cm³/mol. The zero-order valence-electron chi connectivity index (χ0n) is 22.5. The van der Waals surface area contributed by atoms with Crippen LogP contribution in [0.3, 0.4) is 0 Å². The molecule has 1 aliphatic heterocycles. The summed E-state index contributed by atoms with van der Waals surface area (Å²) in [5.41, 5.74) is 5.26. The number of nitrogens with zero attached hydrogens (tertiary/aromatic N) is 2. The largest absolute Gasteiger partial charge is 0.479 e. The van der Waals surface area contributed by atoms with Gasteiger partial charge in [-0.25, -0.2) is 9.59 Å². The lowest BCUT2D eigenvalue weighted by atomic mass is 9.73.